The van der Waals surface area contributed by atoms with Gasteiger partial charge in [-0.2, -0.15) is 13.2 Å². The molecule has 1 heterocycles. The maximum absolute atomic E-state index is 10.7. The summed E-state index contributed by atoms with van der Waals surface area (Å²) in [5.74, 6) is 0. The molecule has 0 N–H and O–H groups in total. The van der Waals surface area contributed by atoms with Gasteiger partial charge in [0.25, 0.3) is 0 Å². The first kappa shape index (κ1) is 17.2. The molecule has 3 rings (SSSR count). The fraction of sp³-hybridized carbons (Fsp3) is 0.143. The molecular weight excluding hydrogens is 432 g/mol. The van der Waals surface area contributed by atoms with Crippen molar-refractivity contribution in [2.24, 2.45) is 0 Å². The van der Waals surface area contributed by atoms with Crippen molar-refractivity contribution in [3.63, 3.8) is 0 Å². The quantitative estimate of drug-likeness (QED) is 0.283. The maximum atomic E-state index is 10.7. The average molecular weight is 442 g/mol. The van der Waals surface area contributed by atoms with Gasteiger partial charge in [0, 0.05) is 11.1 Å². The third-order valence-corrected chi connectivity index (χ3v) is 6.38. The van der Waals surface area contributed by atoms with Crippen molar-refractivity contribution < 1.29 is 47.3 Å². The number of hydrogen-bond donors (Lipinski definition) is 0. The van der Waals surface area contributed by atoms with E-state index in [0.29, 0.717) is 0 Å². The van der Waals surface area contributed by atoms with Crippen LogP contribution in [0.4, 0.5) is 13.2 Å². The van der Waals surface area contributed by atoms with Crippen molar-refractivity contribution in [2.45, 2.75) is 12.4 Å². The first-order valence-corrected chi connectivity index (χ1v) is 9.53. The maximum Gasteiger partial charge on any atom is 0.485 e. The number of benzene rings is 2. The van der Waals surface area contributed by atoms with Gasteiger partial charge in [0.2, 0.25) is 7.14 Å². The van der Waals surface area contributed by atoms with Crippen molar-refractivity contribution in [1.82, 2.24) is 0 Å². The van der Waals surface area contributed by atoms with Crippen LogP contribution in [0.3, 0.4) is 0 Å². The Morgan fingerprint density at radius 1 is 1.00 bits per heavy atom. The van der Waals surface area contributed by atoms with Gasteiger partial charge in [-0.05, 0) is 31.2 Å². The van der Waals surface area contributed by atoms with E-state index in [9.17, 15) is 13.2 Å². The van der Waals surface area contributed by atoms with E-state index in [0.717, 1.165) is 0 Å². The number of fused-ring (bicyclic) bond motifs is 3. The Labute approximate surface area is 136 Å². The predicted molar refractivity (Wildman–Crippen MR) is 69.8 cm³/mol. The van der Waals surface area contributed by atoms with E-state index >= 15 is 0 Å². The van der Waals surface area contributed by atoms with Gasteiger partial charge in [0.05, 0.1) is 0 Å². The second-order valence-corrected chi connectivity index (χ2v) is 8.69. The van der Waals surface area contributed by atoms with Crippen LogP contribution in [0.15, 0.2) is 42.5 Å². The van der Waals surface area contributed by atoms with Gasteiger partial charge in [-0.25, -0.2) is 8.42 Å². The molecule has 0 radical (unpaired) electrons. The topological polar surface area (TPSA) is 57.2 Å². The molecule has 0 aliphatic carbocycles. The van der Waals surface area contributed by atoms with E-state index in [2.05, 4.69) is 49.4 Å². The lowest BCUT2D eigenvalue weighted by atomic mass is 10.0. The summed E-state index contributed by atoms with van der Waals surface area (Å²) in [6, 6.07) is 15.7. The Morgan fingerprint density at radius 3 is 2.14 bits per heavy atom. The molecule has 1 aliphatic heterocycles. The highest BCUT2D eigenvalue weighted by molar-refractivity contribution is 7.86. The highest BCUT2D eigenvalue weighted by Gasteiger charge is 2.37. The van der Waals surface area contributed by atoms with E-state index in [1.807, 2.05) is 0 Å². The van der Waals surface area contributed by atoms with E-state index in [1.165, 1.54) is 16.7 Å². The summed E-state index contributed by atoms with van der Waals surface area (Å²) in [5.41, 5.74) is -1.33. The van der Waals surface area contributed by atoms with Gasteiger partial charge in [-0.15, -0.1) is 0 Å². The molecular formula is C14H10F3IO3S. The van der Waals surface area contributed by atoms with Crippen LogP contribution in [0.2, 0.25) is 0 Å². The molecule has 118 valence electrons. The second kappa shape index (κ2) is 6.17. The first-order valence-electron chi connectivity index (χ1n) is 5.96. The number of aryl methyl sites for hydroxylation is 1. The Bertz CT molecular complexity index is 801. The molecule has 0 bridgehead atoms. The Kier molecular flexibility index (Phi) is 4.83. The van der Waals surface area contributed by atoms with Gasteiger partial charge in [-0.3, -0.25) is 0 Å². The van der Waals surface area contributed by atoms with Crippen LogP contribution in [-0.4, -0.2) is 18.5 Å². The molecule has 8 heteroatoms. The summed E-state index contributed by atoms with van der Waals surface area (Å²) in [6.45, 7) is 2.17. The Hall–Kier alpha value is -1.13. The van der Waals surface area contributed by atoms with Crippen LogP contribution in [0.5, 0.6) is 0 Å². The van der Waals surface area contributed by atoms with Crippen molar-refractivity contribution in [1.29, 1.82) is 0 Å². The molecule has 2 aromatic rings. The highest BCUT2D eigenvalue weighted by Crippen LogP contribution is 2.23. The predicted octanol–water partition coefficient (Wildman–Crippen LogP) is 0.155. The fourth-order valence-electron chi connectivity index (χ4n) is 1.80. The van der Waals surface area contributed by atoms with Crippen molar-refractivity contribution in [3.8, 4) is 11.1 Å². The third-order valence-electron chi connectivity index (χ3n) is 2.77. The number of halogens is 4. The first-order chi connectivity index (χ1) is 10.1. The second-order valence-electron chi connectivity index (χ2n) is 4.46. The summed E-state index contributed by atoms with van der Waals surface area (Å²) < 4.78 is 62.1. The summed E-state index contributed by atoms with van der Waals surface area (Å²) in [5, 5.41) is 0. The van der Waals surface area contributed by atoms with Crippen LogP contribution >= 0.6 is 0 Å². The SMILES string of the molecule is Cc1ccc2c(c1)-c1ccccc1[I+]2.O=S(=O)([O-])C(F)(F)F. The van der Waals surface area contributed by atoms with E-state index in [4.69, 9.17) is 13.0 Å². The van der Waals surface area contributed by atoms with Gasteiger partial charge >= 0.3 is 26.7 Å². The smallest absolute Gasteiger partial charge is 0.485 e. The van der Waals surface area contributed by atoms with Crippen LogP contribution in [0, 0.1) is 14.1 Å². The standard InChI is InChI=1S/C13H10I.CHF3O3S/c1-9-6-7-13-11(8-9)10-4-2-3-5-12(10)14-13;2-1(3,4)8(5,6)7/h2-8H,1H3;(H,5,6,7)/q+1;/p-1. The molecule has 2 aromatic carbocycles. The third kappa shape index (κ3) is 3.79. The molecule has 0 unspecified atom stereocenters. The van der Waals surface area contributed by atoms with Crippen LogP contribution < -0.4 is 21.2 Å². The zero-order valence-corrected chi connectivity index (χ0v) is 14.2. The lowest BCUT2D eigenvalue weighted by Crippen LogP contribution is -3.61. The fourth-order valence-corrected chi connectivity index (χ4v) is 4.67. The van der Waals surface area contributed by atoms with Gasteiger partial charge in [0.15, 0.2) is 10.1 Å². The Morgan fingerprint density at radius 2 is 1.55 bits per heavy atom. The molecule has 0 saturated carbocycles. The largest absolute Gasteiger partial charge is 0.741 e. The zero-order valence-electron chi connectivity index (χ0n) is 11.2. The lowest BCUT2D eigenvalue weighted by molar-refractivity contribution is -0.589. The van der Waals surface area contributed by atoms with Gasteiger partial charge in [0.1, 0.15) is 0 Å². The van der Waals surface area contributed by atoms with Crippen molar-refractivity contribution >= 4 is 10.1 Å². The molecule has 0 fully saturated rings. The van der Waals surface area contributed by atoms with Gasteiger partial charge in [-0.1, -0.05) is 23.8 Å². The summed E-state index contributed by atoms with van der Waals surface area (Å²) >= 11 is 0.0900. The Balaban J connectivity index is 0.000000192. The van der Waals surface area contributed by atoms with E-state index in [1.54, 1.807) is 7.14 Å². The molecule has 3 nitrogen and oxygen atoms in total. The molecule has 22 heavy (non-hydrogen) atoms. The number of hydrogen-bond acceptors (Lipinski definition) is 3. The molecule has 1 aliphatic rings. The van der Waals surface area contributed by atoms with E-state index in [-0.39, 0.29) is 21.2 Å². The van der Waals surface area contributed by atoms with Crippen LogP contribution in [-0.2, 0) is 10.1 Å². The molecule has 0 atom stereocenters. The van der Waals surface area contributed by atoms with Crippen LogP contribution in [0.1, 0.15) is 5.56 Å². The monoisotopic (exact) mass is 442 g/mol. The van der Waals surface area contributed by atoms with Crippen LogP contribution in [0.25, 0.3) is 11.1 Å². The minimum atomic E-state index is -6.09. The summed E-state index contributed by atoms with van der Waals surface area (Å²) in [6.07, 6.45) is 0. The van der Waals surface area contributed by atoms with Crippen molar-refractivity contribution in [2.75, 3.05) is 0 Å². The average Bonchev–Trinajstić information content (AvgIpc) is 2.75. The van der Waals surface area contributed by atoms with Crippen molar-refractivity contribution in [3.05, 3.63) is 55.2 Å². The number of alkyl halides is 3. The zero-order chi connectivity index (χ0) is 16.5. The minimum Gasteiger partial charge on any atom is -0.741 e. The van der Waals surface area contributed by atoms with Gasteiger partial charge < -0.3 is 4.55 Å². The molecule has 0 spiro atoms. The molecule has 0 amide bonds. The summed E-state index contributed by atoms with van der Waals surface area (Å²) in [4.78, 5) is 0. The lowest BCUT2D eigenvalue weighted by Gasteiger charge is -2.08. The number of rotatable bonds is 0. The normalized spacial score (nSPS) is 13.0. The van der Waals surface area contributed by atoms with E-state index < -0.39 is 15.6 Å². The molecule has 0 aromatic heterocycles. The summed E-state index contributed by atoms with van der Waals surface area (Å²) in [7, 11) is -6.09. The highest BCUT2D eigenvalue weighted by atomic mass is 127. The minimum absolute atomic E-state index is 0.0900. The molecule has 0 saturated heterocycles.